The predicted molar refractivity (Wildman–Crippen MR) is 117 cm³/mol. The van der Waals surface area contributed by atoms with Crippen molar-refractivity contribution < 1.29 is 13.9 Å². The number of amides is 1. The second-order valence-electron chi connectivity index (χ2n) is 6.84. The molecular formula is C23H17ClFN3O3. The van der Waals surface area contributed by atoms with Gasteiger partial charge in [0, 0.05) is 5.69 Å². The van der Waals surface area contributed by atoms with Crippen LogP contribution in [0.1, 0.15) is 11.1 Å². The summed E-state index contributed by atoms with van der Waals surface area (Å²) in [5.41, 5.74) is 2.18. The van der Waals surface area contributed by atoms with E-state index in [1.807, 2.05) is 30.3 Å². The molecule has 0 saturated heterocycles. The number of nitrogens with one attached hydrogen (secondary N) is 1. The number of halogens is 2. The van der Waals surface area contributed by atoms with Gasteiger partial charge >= 0.3 is 6.09 Å². The van der Waals surface area contributed by atoms with E-state index in [1.54, 1.807) is 24.3 Å². The monoisotopic (exact) mass is 437 g/mol. The van der Waals surface area contributed by atoms with Gasteiger partial charge in [0.2, 0.25) is 0 Å². The lowest BCUT2D eigenvalue weighted by Crippen LogP contribution is -2.21. The van der Waals surface area contributed by atoms with Gasteiger partial charge in [0.05, 0.1) is 28.8 Å². The molecule has 0 aliphatic heterocycles. The van der Waals surface area contributed by atoms with Crippen LogP contribution >= 0.6 is 11.6 Å². The number of carbonyl (C=O) groups is 1. The molecule has 0 aliphatic rings. The second-order valence-corrected chi connectivity index (χ2v) is 7.25. The van der Waals surface area contributed by atoms with Gasteiger partial charge in [-0.3, -0.25) is 14.7 Å². The quantitative estimate of drug-likeness (QED) is 0.477. The number of carbonyl (C=O) groups excluding carboxylic acids is 1. The Morgan fingerprint density at radius 1 is 1.06 bits per heavy atom. The molecule has 0 atom stereocenters. The van der Waals surface area contributed by atoms with Crippen LogP contribution in [0.5, 0.6) is 0 Å². The summed E-state index contributed by atoms with van der Waals surface area (Å²) in [6, 6.07) is 18.4. The molecular weight excluding hydrogens is 421 g/mol. The Labute approximate surface area is 181 Å². The molecule has 31 heavy (non-hydrogen) atoms. The Balaban J connectivity index is 1.48. The van der Waals surface area contributed by atoms with Crippen molar-refractivity contribution in [3.63, 3.8) is 0 Å². The number of hydrogen-bond donors (Lipinski definition) is 1. The fourth-order valence-corrected chi connectivity index (χ4v) is 3.26. The highest BCUT2D eigenvalue weighted by Gasteiger charge is 2.09. The van der Waals surface area contributed by atoms with Gasteiger partial charge in [-0.2, -0.15) is 0 Å². The first kappa shape index (κ1) is 20.6. The Bertz CT molecular complexity index is 1310. The first-order valence-electron chi connectivity index (χ1n) is 9.40. The largest absolute Gasteiger partial charge is 0.444 e. The normalized spacial score (nSPS) is 10.8. The third-order valence-corrected chi connectivity index (χ3v) is 4.91. The summed E-state index contributed by atoms with van der Waals surface area (Å²) in [5.74, 6) is -0.517. The molecule has 3 aromatic carbocycles. The van der Waals surface area contributed by atoms with Crippen molar-refractivity contribution in [2.45, 2.75) is 13.2 Å². The lowest BCUT2D eigenvalue weighted by atomic mass is 10.2. The Morgan fingerprint density at radius 3 is 2.65 bits per heavy atom. The number of rotatable bonds is 5. The van der Waals surface area contributed by atoms with Crippen LogP contribution in [0.4, 0.5) is 14.9 Å². The fourth-order valence-electron chi connectivity index (χ4n) is 3.06. The van der Waals surface area contributed by atoms with Crippen molar-refractivity contribution in [3.8, 4) is 0 Å². The zero-order chi connectivity index (χ0) is 21.8. The number of fused-ring (bicyclic) bond motifs is 1. The van der Waals surface area contributed by atoms with Crippen molar-refractivity contribution in [3.05, 3.63) is 105 Å². The number of hydrogen-bond acceptors (Lipinski definition) is 4. The molecule has 1 aromatic heterocycles. The van der Waals surface area contributed by atoms with Crippen LogP contribution in [0.15, 0.2) is 77.9 Å². The summed E-state index contributed by atoms with van der Waals surface area (Å²) in [4.78, 5) is 29.1. The standard InChI is InChI=1S/C23H17ClFN3O3/c24-19-10-16(6-9-20(19)25)12-28-14-26-21-11-17(7-8-18(21)22(28)29)27-23(30)31-13-15-4-2-1-3-5-15/h1-11,14H,12-13H2,(H,27,30). The molecule has 8 heteroatoms. The SMILES string of the molecule is O=C(Nc1ccc2c(=O)n(Cc3ccc(F)c(Cl)c3)cnc2c1)OCc1ccccc1. The van der Waals surface area contributed by atoms with E-state index in [4.69, 9.17) is 16.3 Å². The third-order valence-electron chi connectivity index (χ3n) is 4.62. The van der Waals surface area contributed by atoms with Gasteiger partial charge in [-0.15, -0.1) is 0 Å². The molecule has 4 rings (SSSR count). The van der Waals surface area contributed by atoms with Gasteiger partial charge < -0.3 is 4.74 Å². The van der Waals surface area contributed by atoms with E-state index in [0.717, 1.165) is 5.56 Å². The van der Waals surface area contributed by atoms with Crippen LogP contribution in [0.25, 0.3) is 10.9 Å². The molecule has 1 heterocycles. The van der Waals surface area contributed by atoms with Crippen LogP contribution < -0.4 is 10.9 Å². The Hall–Kier alpha value is -3.71. The summed E-state index contributed by atoms with van der Waals surface area (Å²) in [6.45, 7) is 0.351. The molecule has 1 amide bonds. The highest BCUT2D eigenvalue weighted by molar-refractivity contribution is 6.30. The molecule has 0 aliphatic carbocycles. The zero-order valence-corrected chi connectivity index (χ0v) is 17.0. The van der Waals surface area contributed by atoms with Gasteiger partial charge in [0.15, 0.2) is 0 Å². The molecule has 4 aromatic rings. The van der Waals surface area contributed by atoms with E-state index in [2.05, 4.69) is 10.3 Å². The first-order valence-corrected chi connectivity index (χ1v) is 9.78. The number of benzene rings is 3. The molecule has 0 saturated carbocycles. The predicted octanol–water partition coefficient (Wildman–Crippen LogP) is 4.99. The fraction of sp³-hybridized carbons (Fsp3) is 0.0870. The van der Waals surface area contributed by atoms with Crippen LogP contribution in [0, 0.1) is 5.82 Å². The molecule has 0 spiro atoms. The van der Waals surface area contributed by atoms with Crippen LogP contribution in [-0.4, -0.2) is 15.6 Å². The maximum atomic E-state index is 13.3. The van der Waals surface area contributed by atoms with Crippen LogP contribution in [-0.2, 0) is 17.9 Å². The minimum atomic E-state index is -0.607. The highest BCUT2D eigenvalue weighted by atomic mass is 35.5. The summed E-state index contributed by atoms with van der Waals surface area (Å²) < 4.78 is 19.9. The van der Waals surface area contributed by atoms with E-state index in [0.29, 0.717) is 22.2 Å². The molecule has 0 bridgehead atoms. The molecule has 156 valence electrons. The lowest BCUT2D eigenvalue weighted by molar-refractivity contribution is 0.155. The molecule has 0 unspecified atom stereocenters. The van der Waals surface area contributed by atoms with Crippen molar-refractivity contribution >= 4 is 34.3 Å². The van der Waals surface area contributed by atoms with Gasteiger partial charge in [0.1, 0.15) is 12.4 Å². The van der Waals surface area contributed by atoms with Crippen molar-refractivity contribution in [1.82, 2.24) is 9.55 Å². The summed E-state index contributed by atoms with van der Waals surface area (Å²) in [7, 11) is 0. The topological polar surface area (TPSA) is 73.2 Å². The average molecular weight is 438 g/mol. The van der Waals surface area contributed by atoms with E-state index in [1.165, 1.54) is 23.0 Å². The van der Waals surface area contributed by atoms with E-state index in [9.17, 15) is 14.0 Å². The third kappa shape index (κ3) is 4.90. The van der Waals surface area contributed by atoms with E-state index in [-0.39, 0.29) is 23.7 Å². The maximum absolute atomic E-state index is 13.3. The summed E-state index contributed by atoms with van der Waals surface area (Å²) in [6.07, 6.45) is 0.795. The van der Waals surface area contributed by atoms with Crippen molar-refractivity contribution in [2.75, 3.05) is 5.32 Å². The van der Waals surface area contributed by atoms with E-state index >= 15 is 0 Å². The van der Waals surface area contributed by atoms with E-state index < -0.39 is 11.9 Å². The number of anilines is 1. The number of aromatic nitrogens is 2. The first-order chi connectivity index (χ1) is 15.0. The summed E-state index contributed by atoms with van der Waals surface area (Å²) >= 11 is 5.81. The summed E-state index contributed by atoms with van der Waals surface area (Å²) in [5, 5.41) is 3.01. The minimum absolute atomic E-state index is 0.00540. The molecule has 0 fully saturated rings. The van der Waals surface area contributed by atoms with Crippen molar-refractivity contribution in [2.24, 2.45) is 0 Å². The van der Waals surface area contributed by atoms with Gasteiger partial charge in [-0.25, -0.2) is 14.2 Å². The molecule has 6 nitrogen and oxygen atoms in total. The van der Waals surface area contributed by atoms with Gasteiger partial charge in [-0.05, 0) is 41.5 Å². The maximum Gasteiger partial charge on any atom is 0.411 e. The van der Waals surface area contributed by atoms with Gasteiger partial charge in [0.25, 0.3) is 5.56 Å². The minimum Gasteiger partial charge on any atom is -0.444 e. The highest BCUT2D eigenvalue weighted by Crippen LogP contribution is 2.18. The number of ether oxygens (including phenoxy) is 1. The average Bonchev–Trinajstić information content (AvgIpc) is 2.77. The van der Waals surface area contributed by atoms with Crippen LogP contribution in [0.3, 0.4) is 0 Å². The molecule has 1 N–H and O–H groups in total. The Kier molecular flexibility index (Phi) is 5.95. The molecule has 0 radical (unpaired) electrons. The van der Waals surface area contributed by atoms with Crippen LogP contribution in [0.2, 0.25) is 5.02 Å². The second kappa shape index (κ2) is 8.97. The lowest BCUT2D eigenvalue weighted by Gasteiger charge is -2.10. The zero-order valence-electron chi connectivity index (χ0n) is 16.2. The van der Waals surface area contributed by atoms with Gasteiger partial charge in [-0.1, -0.05) is 48.0 Å². The smallest absolute Gasteiger partial charge is 0.411 e. The Morgan fingerprint density at radius 2 is 1.87 bits per heavy atom. The number of nitrogens with zero attached hydrogens (tertiary/aromatic N) is 2. The van der Waals surface area contributed by atoms with Crippen molar-refractivity contribution in [1.29, 1.82) is 0 Å².